The van der Waals surface area contributed by atoms with Crippen LogP contribution in [0.1, 0.15) is 23.4 Å². The Kier molecular flexibility index (Phi) is 2.57. The van der Waals surface area contributed by atoms with Gasteiger partial charge in [0.25, 0.3) is 0 Å². The van der Waals surface area contributed by atoms with Crippen LogP contribution in [0.2, 0.25) is 5.15 Å². The van der Waals surface area contributed by atoms with Gasteiger partial charge in [0.05, 0.1) is 5.69 Å². The predicted molar refractivity (Wildman–Crippen MR) is 80.2 cm³/mol. The summed E-state index contributed by atoms with van der Waals surface area (Å²) in [5, 5.41) is 5.32. The van der Waals surface area contributed by atoms with Crippen molar-refractivity contribution in [1.29, 1.82) is 0 Å². The van der Waals surface area contributed by atoms with Gasteiger partial charge in [0.1, 0.15) is 5.15 Å². The molecule has 1 aromatic carbocycles. The highest BCUT2D eigenvalue weighted by atomic mass is 35.5. The number of aromatic nitrogens is 3. The van der Waals surface area contributed by atoms with Gasteiger partial charge in [-0.15, -0.1) is 0 Å². The van der Waals surface area contributed by atoms with E-state index in [2.05, 4.69) is 17.2 Å². The van der Waals surface area contributed by atoms with Gasteiger partial charge in [-0.05, 0) is 31.7 Å². The molecule has 100 valence electrons. The molecule has 4 rings (SSSR count). The molecule has 20 heavy (non-hydrogen) atoms. The quantitative estimate of drug-likeness (QED) is 0.635. The fraction of sp³-hybridized carbons (Fsp3) is 0.250. The summed E-state index contributed by atoms with van der Waals surface area (Å²) in [6.07, 6.45) is 3.16. The standard InChI is InChI=1S/C16H14ClN3/c1-10-14(11-6-3-2-4-7-11)16-18-13-9-5-8-12(13)15(17)20(16)19-10/h2-4,6-7H,5,8-9H2,1H3. The van der Waals surface area contributed by atoms with Gasteiger partial charge >= 0.3 is 0 Å². The highest BCUT2D eigenvalue weighted by Crippen LogP contribution is 2.33. The van der Waals surface area contributed by atoms with Gasteiger partial charge in [-0.25, -0.2) is 9.50 Å². The van der Waals surface area contributed by atoms with Crippen molar-refractivity contribution in [2.75, 3.05) is 0 Å². The van der Waals surface area contributed by atoms with Crippen LogP contribution >= 0.6 is 11.6 Å². The maximum Gasteiger partial charge on any atom is 0.165 e. The molecule has 0 N–H and O–H groups in total. The van der Waals surface area contributed by atoms with Gasteiger partial charge in [0, 0.05) is 16.8 Å². The van der Waals surface area contributed by atoms with Crippen molar-refractivity contribution in [3.8, 4) is 11.1 Å². The van der Waals surface area contributed by atoms with E-state index < -0.39 is 0 Å². The van der Waals surface area contributed by atoms with Gasteiger partial charge in [-0.1, -0.05) is 41.9 Å². The lowest BCUT2D eigenvalue weighted by atomic mass is 10.1. The zero-order valence-corrected chi connectivity index (χ0v) is 12.0. The second kappa shape index (κ2) is 4.32. The van der Waals surface area contributed by atoms with Gasteiger partial charge in [0.2, 0.25) is 0 Å². The Morgan fingerprint density at radius 2 is 1.95 bits per heavy atom. The zero-order chi connectivity index (χ0) is 13.7. The predicted octanol–water partition coefficient (Wildman–Crippen LogP) is 3.85. The largest absolute Gasteiger partial charge is 0.233 e. The molecule has 2 heterocycles. The van der Waals surface area contributed by atoms with E-state index in [1.807, 2.05) is 25.1 Å². The summed E-state index contributed by atoms with van der Waals surface area (Å²) in [6, 6.07) is 10.3. The number of benzene rings is 1. The van der Waals surface area contributed by atoms with Crippen molar-refractivity contribution in [3.63, 3.8) is 0 Å². The van der Waals surface area contributed by atoms with Crippen LogP contribution < -0.4 is 0 Å². The maximum absolute atomic E-state index is 6.52. The molecule has 0 radical (unpaired) electrons. The van der Waals surface area contributed by atoms with Gasteiger partial charge in [-0.3, -0.25) is 0 Å². The second-order valence-corrected chi connectivity index (χ2v) is 5.60. The summed E-state index contributed by atoms with van der Waals surface area (Å²) in [5.74, 6) is 0. The topological polar surface area (TPSA) is 30.2 Å². The van der Waals surface area contributed by atoms with Gasteiger partial charge in [-0.2, -0.15) is 5.10 Å². The fourth-order valence-corrected chi connectivity index (χ4v) is 3.35. The zero-order valence-electron chi connectivity index (χ0n) is 11.2. The normalized spacial score (nSPS) is 13.9. The molecular weight excluding hydrogens is 270 g/mol. The number of fused-ring (bicyclic) bond motifs is 2. The Morgan fingerprint density at radius 1 is 1.15 bits per heavy atom. The summed E-state index contributed by atoms with van der Waals surface area (Å²) >= 11 is 6.52. The number of hydrogen-bond donors (Lipinski definition) is 0. The van der Waals surface area contributed by atoms with Crippen molar-refractivity contribution in [2.45, 2.75) is 26.2 Å². The lowest BCUT2D eigenvalue weighted by Crippen LogP contribution is -1.99. The molecule has 3 nitrogen and oxygen atoms in total. The molecule has 3 aromatic rings. The van der Waals surface area contributed by atoms with E-state index >= 15 is 0 Å². The van der Waals surface area contributed by atoms with E-state index in [1.165, 1.54) is 5.56 Å². The lowest BCUT2D eigenvalue weighted by molar-refractivity contribution is 0.896. The van der Waals surface area contributed by atoms with Crippen LogP contribution in [0.4, 0.5) is 0 Å². The Bertz CT molecular complexity index is 806. The fourth-order valence-electron chi connectivity index (χ4n) is 3.03. The number of halogens is 1. The molecule has 0 saturated carbocycles. The number of hydrogen-bond acceptors (Lipinski definition) is 2. The molecule has 0 unspecified atom stereocenters. The van der Waals surface area contributed by atoms with Crippen LogP contribution in [0.15, 0.2) is 30.3 Å². The average molecular weight is 284 g/mol. The van der Waals surface area contributed by atoms with E-state index in [9.17, 15) is 0 Å². The first kappa shape index (κ1) is 11.9. The van der Waals surface area contributed by atoms with Crippen molar-refractivity contribution in [2.24, 2.45) is 0 Å². The Hall–Kier alpha value is -1.87. The van der Waals surface area contributed by atoms with E-state index in [4.69, 9.17) is 16.6 Å². The monoisotopic (exact) mass is 283 g/mol. The maximum atomic E-state index is 6.52. The number of rotatable bonds is 1. The third kappa shape index (κ3) is 1.59. The molecule has 0 amide bonds. The highest BCUT2D eigenvalue weighted by molar-refractivity contribution is 6.30. The van der Waals surface area contributed by atoms with Crippen LogP contribution in [-0.4, -0.2) is 14.6 Å². The van der Waals surface area contributed by atoms with Crippen LogP contribution in [-0.2, 0) is 12.8 Å². The van der Waals surface area contributed by atoms with Crippen LogP contribution in [0.3, 0.4) is 0 Å². The van der Waals surface area contributed by atoms with E-state index in [0.717, 1.165) is 52.6 Å². The van der Waals surface area contributed by atoms with Gasteiger partial charge < -0.3 is 0 Å². The molecule has 0 saturated heterocycles. The SMILES string of the molecule is Cc1nn2c(Cl)c3c(nc2c1-c1ccccc1)CCC3. The molecule has 1 aliphatic rings. The Labute approximate surface area is 122 Å². The smallest absolute Gasteiger partial charge is 0.165 e. The third-order valence-electron chi connectivity index (χ3n) is 3.96. The molecule has 4 heteroatoms. The summed E-state index contributed by atoms with van der Waals surface area (Å²) in [4.78, 5) is 4.83. The first-order valence-electron chi connectivity index (χ1n) is 6.87. The van der Waals surface area contributed by atoms with Crippen LogP contribution in [0, 0.1) is 6.92 Å². The molecule has 2 aromatic heterocycles. The van der Waals surface area contributed by atoms with Crippen molar-refractivity contribution >= 4 is 17.2 Å². The molecular formula is C16H14ClN3. The summed E-state index contributed by atoms with van der Waals surface area (Å²) in [7, 11) is 0. The minimum Gasteiger partial charge on any atom is -0.233 e. The molecule has 0 aliphatic heterocycles. The second-order valence-electron chi connectivity index (χ2n) is 5.24. The Balaban J connectivity index is 2.08. The molecule has 0 bridgehead atoms. The molecule has 1 aliphatic carbocycles. The van der Waals surface area contributed by atoms with Crippen molar-refractivity contribution < 1.29 is 0 Å². The minimum absolute atomic E-state index is 0.729. The van der Waals surface area contributed by atoms with Crippen LogP contribution in [0.5, 0.6) is 0 Å². The molecule has 0 atom stereocenters. The number of aryl methyl sites for hydroxylation is 2. The highest BCUT2D eigenvalue weighted by Gasteiger charge is 2.22. The van der Waals surface area contributed by atoms with Crippen molar-refractivity contribution in [3.05, 3.63) is 52.4 Å². The van der Waals surface area contributed by atoms with Crippen molar-refractivity contribution in [1.82, 2.24) is 14.6 Å². The number of nitrogens with zero attached hydrogens (tertiary/aromatic N) is 3. The first-order valence-corrected chi connectivity index (χ1v) is 7.25. The third-order valence-corrected chi connectivity index (χ3v) is 4.35. The summed E-state index contributed by atoms with van der Waals surface area (Å²) in [5.41, 5.74) is 6.37. The Morgan fingerprint density at radius 3 is 2.75 bits per heavy atom. The molecule has 0 spiro atoms. The molecule has 0 fully saturated rings. The van der Waals surface area contributed by atoms with Crippen LogP contribution in [0.25, 0.3) is 16.8 Å². The lowest BCUT2D eigenvalue weighted by Gasteiger charge is -2.05. The van der Waals surface area contributed by atoms with E-state index in [0.29, 0.717) is 0 Å². The van der Waals surface area contributed by atoms with E-state index in [-0.39, 0.29) is 0 Å². The summed E-state index contributed by atoms with van der Waals surface area (Å²) < 4.78 is 1.80. The average Bonchev–Trinajstić information content (AvgIpc) is 3.04. The minimum atomic E-state index is 0.729. The first-order chi connectivity index (χ1) is 9.75. The van der Waals surface area contributed by atoms with E-state index in [1.54, 1.807) is 4.52 Å². The summed E-state index contributed by atoms with van der Waals surface area (Å²) in [6.45, 7) is 2.01. The van der Waals surface area contributed by atoms with Gasteiger partial charge in [0.15, 0.2) is 5.65 Å².